The van der Waals surface area contributed by atoms with Crippen LogP contribution in [-0.2, 0) is 0 Å². The van der Waals surface area contributed by atoms with E-state index >= 15 is 0 Å². The molecule has 0 spiro atoms. The second kappa shape index (κ2) is 14.4. The molecule has 0 fully saturated rings. The van der Waals surface area contributed by atoms with Crippen LogP contribution in [0.25, 0.3) is 0 Å². The van der Waals surface area contributed by atoms with Crippen LogP contribution < -0.4 is 0 Å². The molecule has 0 aliphatic carbocycles. The maximum atomic E-state index is 14.4. The molecular weight excluding hydrogens is 824 g/mol. The van der Waals surface area contributed by atoms with Crippen LogP contribution in [0.15, 0.2) is 0 Å². The van der Waals surface area contributed by atoms with Crippen LogP contribution in [0.3, 0.4) is 0 Å². The molecule has 0 aliphatic heterocycles. The molecule has 0 aliphatic rings. The van der Waals surface area contributed by atoms with Crippen molar-refractivity contribution in [1.82, 2.24) is 0 Å². The van der Waals surface area contributed by atoms with Gasteiger partial charge in [-0.05, 0) is 0 Å². The summed E-state index contributed by atoms with van der Waals surface area (Å²) >= 11 is 0. The van der Waals surface area contributed by atoms with E-state index in [0.717, 1.165) is 0 Å². The van der Waals surface area contributed by atoms with Gasteiger partial charge in [0.2, 0.25) is 0 Å². The Morgan fingerprint density at radius 2 is 0.481 bits per heavy atom. The molecule has 0 aromatic heterocycles. The van der Waals surface area contributed by atoms with Crippen molar-refractivity contribution in [1.29, 1.82) is 0 Å². The monoisotopic (exact) mass is 858 g/mol. The Hall–Kier alpha value is -1.25. The number of halogens is 24. The van der Waals surface area contributed by atoms with Gasteiger partial charge in [0.05, 0.1) is 0 Å². The summed E-state index contributed by atoms with van der Waals surface area (Å²) < 4.78 is 338. The standard InChI is InChI=1S/C26H34F24Si2/c1-7-8-15(27,28)19(35,36)23(43,44)25(47,48)21(39,40)17(31,32)10-13-52(5,6)14-11-18(33,34)22(41,42)26(49,50)24(45,46)20(37,38)16(29,30)9-12-51(2,3)4/h7-14H2,1-6H3. The van der Waals surface area contributed by atoms with Gasteiger partial charge in [0.1, 0.15) is 0 Å². The molecule has 0 radical (unpaired) electrons. The molecule has 314 valence electrons. The number of rotatable bonds is 21. The highest BCUT2D eigenvalue weighted by molar-refractivity contribution is 6.77. The topological polar surface area (TPSA) is 0 Å². The predicted molar refractivity (Wildman–Crippen MR) is 143 cm³/mol. The van der Waals surface area contributed by atoms with Crippen LogP contribution >= 0.6 is 0 Å². The molecule has 0 aromatic rings. The summed E-state index contributed by atoms with van der Waals surface area (Å²) in [4.78, 5) is 0. The Labute approximate surface area is 283 Å². The van der Waals surface area contributed by atoms with Crippen LogP contribution in [0.2, 0.25) is 50.9 Å². The minimum absolute atomic E-state index is 0.446. The molecule has 0 nitrogen and oxygen atoms in total. The molecule has 0 atom stereocenters. The summed E-state index contributed by atoms with van der Waals surface area (Å²) in [5.74, 6) is -87.5. The van der Waals surface area contributed by atoms with Crippen LogP contribution in [0.1, 0.15) is 39.0 Å². The zero-order valence-corrected chi connectivity index (χ0v) is 29.7. The maximum absolute atomic E-state index is 14.4. The second-order valence-electron chi connectivity index (χ2n) is 14.4. The minimum atomic E-state index is -8.00. The van der Waals surface area contributed by atoms with Gasteiger partial charge in [0, 0.05) is 41.8 Å². The van der Waals surface area contributed by atoms with Crippen molar-refractivity contribution in [3.05, 3.63) is 0 Å². The molecule has 52 heavy (non-hydrogen) atoms. The van der Waals surface area contributed by atoms with E-state index < -0.39 is 137 Å². The predicted octanol–water partition coefficient (Wildman–Crippen LogP) is 13.6. The highest BCUT2D eigenvalue weighted by Crippen LogP contribution is 2.63. The molecular formula is C26H34F24Si2. The Morgan fingerprint density at radius 1 is 0.288 bits per heavy atom. The van der Waals surface area contributed by atoms with Gasteiger partial charge in [-0.25, -0.2) is 0 Å². The van der Waals surface area contributed by atoms with E-state index in [1.54, 1.807) is 0 Å². The zero-order chi connectivity index (χ0) is 42.7. The molecule has 26 heteroatoms. The quantitative estimate of drug-likeness (QED) is 0.0797. The summed E-state index contributed by atoms with van der Waals surface area (Å²) in [6, 6.07) is -4.71. The fourth-order valence-electron chi connectivity index (χ4n) is 4.30. The smallest absolute Gasteiger partial charge is 0.200 e. The molecule has 0 bridgehead atoms. The Balaban J connectivity index is 6.33. The van der Waals surface area contributed by atoms with Crippen molar-refractivity contribution in [3.63, 3.8) is 0 Å². The fourth-order valence-corrected chi connectivity index (χ4v) is 7.59. The molecule has 0 aromatic carbocycles. The molecule has 0 unspecified atom stereocenters. The van der Waals surface area contributed by atoms with Crippen molar-refractivity contribution in [3.8, 4) is 0 Å². The zero-order valence-electron chi connectivity index (χ0n) is 27.7. The average molecular weight is 859 g/mol. The van der Waals surface area contributed by atoms with Gasteiger partial charge in [-0.15, -0.1) is 0 Å². The lowest BCUT2D eigenvalue weighted by atomic mass is 9.89. The summed E-state index contributed by atoms with van der Waals surface area (Å²) in [7, 11) is -7.32. The summed E-state index contributed by atoms with van der Waals surface area (Å²) in [6.07, 6.45) is -11.5. The number of hydrogen-bond donors (Lipinski definition) is 0. The third-order valence-corrected chi connectivity index (χ3v) is 13.1. The Kier molecular flexibility index (Phi) is 14.0. The molecule has 0 N–H and O–H groups in total. The van der Waals surface area contributed by atoms with Gasteiger partial charge in [-0.3, -0.25) is 0 Å². The average Bonchev–Trinajstić information content (AvgIpc) is 2.92. The van der Waals surface area contributed by atoms with Crippen LogP contribution in [0, 0.1) is 0 Å². The van der Waals surface area contributed by atoms with Crippen molar-refractivity contribution >= 4 is 16.1 Å². The number of hydrogen-bond acceptors (Lipinski definition) is 0. The lowest BCUT2D eigenvalue weighted by Crippen LogP contribution is -2.70. The summed E-state index contributed by atoms with van der Waals surface area (Å²) in [6.45, 7) is 5.17. The SMILES string of the molecule is CCCC(F)(F)C(F)(F)C(F)(F)C(F)(F)C(F)(F)C(F)(F)CC[Si](C)(C)CCC(F)(F)C(F)(F)C(F)(F)C(F)(F)C(F)(F)C(F)(F)CC[Si](C)(C)C. The fraction of sp³-hybridized carbons (Fsp3) is 1.00. The van der Waals surface area contributed by atoms with Gasteiger partial charge >= 0.3 is 71.1 Å². The third kappa shape index (κ3) is 8.59. The van der Waals surface area contributed by atoms with E-state index in [-0.39, 0.29) is 0 Å². The van der Waals surface area contributed by atoms with Crippen molar-refractivity contribution in [2.24, 2.45) is 0 Å². The van der Waals surface area contributed by atoms with Gasteiger partial charge < -0.3 is 0 Å². The molecule has 0 amide bonds. The van der Waals surface area contributed by atoms with Gasteiger partial charge in [0.15, 0.2) is 0 Å². The van der Waals surface area contributed by atoms with Gasteiger partial charge in [-0.1, -0.05) is 64.2 Å². The van der Waals surface area contributed by atoms with Crippen molar-refractivity contribution in [2.45, 2.75) is 161 Å². The molecule has 0 rings (SSSR count). The highest BCUT2D eigenvalue weighted by atomic mass is 28.3. The summed E-state index contributed by atoms with van der Waals surface area (Å²) in [5, 5.41) is 0. The lowest BCUT2D eigenvalue weighted by Gasteiger charge is -2.42. The second-order valence-corrected chi connectivity index (χ2v) is 25.3. The lowest BCUT2D eigenvalue weighted by molar-refractivity contribution is -0.425. The summed E-state index contributed by atoms with van der Waals surface area (Å²) in [5.41, 5.74) is 0. The highest BCUT2D eigenvalue weighted by Gasteiger charge is 2.91. The van der Waals surface area contributed by atoms with Crippen molar-refractivity contribution in [2.75, 3.05) is 0 Å². The van der Waals surface area contributed by atoms with E-state index in [4.69, 9.17) is 0 Å². The van der Waals surface area contributed by atoms with E-state index in [0.29, 0.717) is 20.0 Å². The third-order valence-electron chi connectivity index (χ3n) is 8.19. The molecule has 0 heterocycles. The van der Waals surface area contributed by atoms with Crippen LogP contribution in [-0.4, -0.2) is 87.2 Å². The first-order chi connectivity index (χ1) is 22.2. The van der Waals surface area contributed by atoms with Gasteiger partial charge in [0.25, 0.3) is 0 Å². The van der Waals surface area contributed by atoms with Gasteiger partial charge in [-0.2, -0.15) is 105 Å². The molecule has 0 saturated carbocycles. The largest absolute Gasteiger partial charge is 0.384 e. The van der Waals surface area contributed by atoms with E-state index in [9.17, 15) is 105 Å². The first kappa shape index (κ1) is 50.8. The Bertz CT molecular complexity index is 1200. The van der Waals surface area contributed by atoms with E-state index in [1.807, 2.05) is 0 Å². The normalized spacial score (nSPS) is 16.5. The first-order valence-electron chi connectivity index (χ1n) is 14.7. The van der Waals surface area contributed by atoms with Crippen LogP contribution in [0.5, 0.6) is 0 Å². The van der Waals surface area contributed by atoms with E-state index in [1.165, 1.54) is 19.6 Å². The van der Waals surface area contributed by atoms with Crippen molar-refractivity contribution < 1.29 is 105 Å². The first-order valence-corrected chi connectivity index (χ1v) is 21.8. The van der Waals surface area contributed by atoms with Crippen LogP contribution in [0.4, 0.5) is 105 Å². The minimum Gasteiger partial charge on any atom is -0.200 e. The van der Waals surface area contributed by atoms with E-state index in [2.05, 4.69) is 0 Å². The number of alkyl halides is 24. The maximum Gasteiger partial charge on any atom is 0.384 e. The Morgan fingerprint density at radius 3 is 0.673 bits per heavy atom. The molecule has 0 saturated heterocycles.